The normalized spacial score (nSPS) is 16.5. The van der Waals surface area contributed by atoms with Gasteiger partial charge in [0.25, 0.3) is 11.8 Å². The van der Waals surface area contributed by atoms with Crippen LogP contribution in [0, 0.1) is 0 Å². The summed E-state index contributed by atoms with van der Waals surface area (Å²) in [5, 5.41) is 2.89. The molecule has 0 unspecified atom stereocenters. The number of rotatable bonds is 8. The lowest BCUT2D eigenvalue weighted by atomic mass is 9.85. The van der Waals surface area contributed by atoms with E-state index in [2.05, 4.69) is 5.32 Å². The number of carbonyl (C=O) groups excluding carboxylic acids is 3. The van der Waals surface area contributed by atoms with E-state index in [1.165, 1.54) is 21.9 Å². The highest BCUT2D eigenvalue weighted by Gasteiger charge is 2.54. The largest absolute Gasteiger partial charge is 0.496 e. The van der Waals surface area contributed by atoms with Gasteiger partial charge in [-0.25, -0.2) is 0 Å². The fourth-order valence-corrected chi connectivity index (χ4v) is 5.89. The van der Waals surface area contributed by atoms with E-state index in [4.69, 9.17) is 4.74 Å². The number of hydrogen-bond donors (Lipinski definition) is 1. The molecule has 8 nitrogen and oxygen atoms in total. The standard InChI is InChI=1S/C32H33F3N4O4/c1-43-27-13-6-5-8-23(27)14-17-36-28(40)21-38-22-39(26-11-3-2-4-12-26)31(30(38)42)15-18-37(19-16-31)29(41)24-9-7-10-25(20-24)32(33,34)35/h2-13,20H,14-19,21-22H2,1H3,(H,36,40). The number of hydrogen-bond acceptors (Lipinski definition) is 5. The molecule has 2 saturated heterocycles. The van der Waals surface area contributed by atoms with Crippen LogP contribution in [-0.2, 0) is 22.2 Å². The van der Waals surface area contributed by atoms with Crippen LogP contribution < -0.4 is 15.0 Å². The Morgan fingerprint density at radius 2 is 1.65 bits per heavy atom. The van der Waals surface area contributed by atoms with Gasteiger partial charge in [0.1, 0.15) is 17.8 Å². The number of ether oxygens (including phenoxy) is 1. The van der Waals surface area contributed by atoms with Gasteiger partial charge in [0.05, 0.1) is 19.3 Å². The molecule has 3 amide bonds. The summed E-state index contributed by atoms with van der Waals surface area (Å²) in [5.41, 5.74) is -0.139. The van der Waals surface area contributed by atoms with Crippen LogP contribution in [0.25, 0.3) is 0 Å². The van der Waals surface area contributed by atoms with Gasteiger partial charge in [-0.1, -0.05) is 42.5 Å². The van der Waals surface area contributed by atoms with Crippen LogP contribution in [0.2, 0.25) is 0 Å². The zero-order valence-electron chi connectivity index (χ0n) is 23.8. The van der Waals surface area contributed by atoms with Gasteiger partial charge in [0, 0.05) is 30.9 Å². The molecule has 0 radical (unpaired) electrons. The molecular weight excluding hydrogens is 561 g/mol. The number of para-hydroxylation sites is 2. The second kappa shape index (κ2) is 12.4. The molecule has 1 N–H and O–H groups in total. The highest BCUT2D eigenvalue weighted by molar-refractivity contribution is 5.97. The topological polar surface area (TPSA) is 82.2 Å². The fourth-order valence-electron chi connectivity index (χ4n) is 5.89. The van der Waals surface area contributed by atoms with E-state index in [-0.39, 0.29) is 56.5 Å². The first-order chi connectivity index (χ1) is 20.6. The van der Waals surface area contributed by atoms with Crippen molar-refractivity contribution in [3.8, 4) is 5.75 Å². The number of nitrogens with one attached hydrogen (secondary N) is 1. The number of nitrogens with zero attached hydrogens (tertiary/aromatic N) is 3. The number of anilines is 1. The molecule has 2 aliphatic rings. The van der Waals surface area contributed by atoms with Crippen molar-refractivity contribution < 1.29 is 32.3 Å². The molecule has 0 saturated carbocycles. The van der Waals surface area contributed by atoms with Gasteiger partial charge in [-0.3, -0.25) is 14.4 Å². The van der Waals surface area contributed by atoms with E-state index in [1.54, 1.807) is 7.11 Å². The van der Waals surface area contributed by atoms with Crippen molar-refractivity contribution in [1.82, 2.24) is 15.1 Å². The Labute approximate surface area is 248 Å². The maximum absolute atomic E-state index is 13.9. The summed E-state index contributed by atoms with van der Waals surface area (Å²) in [4.78, 5) is 45.0. The SMILES string of the molecule is COc1ccccc1CCNC(=O)CN1CN(c2ccccc2)C2(CCN(C(=O)c3cccc(C(F)(F)F)c3)CC2)C1=O. The number of carbonyl (C=O) groups is 3. The van der Waals surface area contributed by atoms with Gasteiger partial charge in [-0.2, -0.15) is 13.2 Å². The van der Waals surface area contributed by atoms with E-state index in [0.717, 1.165) is 29.1 Å². The maximum atomic E-state index is 13.9. The first-order valence-electron chi connectivity index (χ1n) is 14.1. The summed E-state index contributed by atoms with van der Waals surface area (Å²) >= 11 is 0. The Balaban J connectivity index is 1.27. The van der Waals surface area contributed by atoms with Crippen molar-refractivity contribution >= 4 is 23.4 Å². The number of alkyl halides is 3. The van der Waals surface area contributed by atoms with Crippen molar-refractivity contribution in [2.24, 2.45) is 0 Å². The van der Waals surface area contributed by atoms with E-state index < -0.39 is 23.2 Å². The smallest absolute Gasteiger partial charge is 0.416 e. The van der Waals surface area contributed by atoms with Crippen molar-refractivity contribution in [2.45, 2.75) is 31.0 Å². The van der Waals surface area contributed by atoms with Gasteiger partial charge in [-0.15, -0.1) is 0 Å². The Morgan fingerprint density at radius 1 is 0.953 bits per heavy atom. The molecule has 43 heavy (non-hydrogen) atoms. The Kier molecular flexibility index (Phi) is 8.61. The van der Waals surface area contributed by atoms with Gasteiger partial charge < -0.3 is 24.8 Å². The minimum absolute atomic E-state index is 0.0464. The second-order valence-corrected chi connectivity index (χ2v) is 10.7. The number of halogens is 3. The molecule has 11 heteroatoms. The highest BCUT2D eigenvalue weighted by atomic mass is 19.4. The predicted octanol–water partition coefficient (Wildman–Crippen LogP) is 4.35. The van der Waals surface area contributed by atoms with Crippen molar-refractivity contribution in [1.29, 1.82) is 0 Å². The summed E-state index contributed by atoms with van der Waals surface area (Å²) in [6.07, 6.45) is -3.44. The number of amides is 3. The summed E-state index contributed by atoms with van der Waals surface area (Å²) in [6, 6.07) is 21.3. The summed E-state index contributed by atoms with van der Waals surface area (Å²) in [5.74, 6) is -0.262. The quantitative estimate of drug-likeness (QED) is 0.420. The Bertz CT molecular complexity index is 1470. The van der Waals surface area contributed by atoms with Crippen LogP contribution in [0.4, 0.5) is 18.9 Å². The zero-order valence-corrected chi connectivity index (χ0v) is 23.8. The fraction of sp³-hybridized carbons (Fsp3) is 0.344. The van der Waals surface area contributed by atoms with Crippen LogP contribution in [0.5, 0.6) is 5.75 Å². The summed E-state index contributed by atoms with van der Waals surface area (Å²) in [6.45, 7) is 0.820. The minimum Gasteiger partial charge on any atom is -0.496 e. The van der Waals surface area contributed by atoms with Crippen molar-refractivity contribution in [3.63, 3.8) is 0 Å². The molecule has 1 spiro atoms. The number of methoxy groups -OCH3 is 1. The third-order valence-electron chi connectivity index (χ3n) is 8.14. The van der Waals surface area contributed by atoms with E-state index >= 15 is 0 Å². The summed E-state index contributed by atoms with van der Waals surface area (Å²) in [7, 11) is 1.59. The second-order valence-electron chi connectivity index (χ2n) is 10.7. The van der Waals surface area contributed by atoms with E-state index in [0.29, 0.717) is 13.0 Å². The minimum atomic E-state index is -4.56. The van der Waals surface area contributed by atoms with Crippen LogP contribution in [0.3, 0.4) is 0 Å². The Hall–Kier alpha value is -4.54. The van der Waals surface area contributed by atoms with Crippen molar-refractivity contribution in [3.05, 3.63) is 95.6 Å². The lowest BCUT2D eigenvalue weighted by Gasteiger charge is -2.43. The van der Waals surface area contributed by atoms with E-state index in [9.17, 15) is 27.6 Å². The van der Waals surface area contributed by atoms with Crippen LogP contribution >= 0.6 is 0 Å². The molecule has 5 rings (SSSR count). The monoisotopic (exact) mass is 594 g/mol. The molecule has 0 atom stereocenters. The van der Waals surface area contributed by atoms with Crippen LogP contribution in [0.1, 0.15) is 34.3 Å². The predicted molar refractivity (Wildman–Crippen MR) is 155 cm³/mol. The maximum Gasteiger partial charge on any atom is 0.416 e. The zero-order chi connectivity index (χ0) is 30.6. The average molecular weight is 595 g/mol. The van der Waals surface area contributed by atoms with Crippen LogP contribution in [0.15, 0.2) is 78.9 Å². The van der Waals surface area contributed by atoms with Gasteiger partial charge in [-0.05, 0) is 61.2 Å². The molecule has 0 aromatic heterocycles. The van der Waals surface area contributed by atoms with Gasteiger partial charge in [0.15, 0.2) is 0 Å². The molecule has 2 fully saturated rings. The molecular formula is C32H33F3N4O4. The molecule has 0 aliphatic carbocycles. The molecule has 2 heterocycles. The van der Waals surface area contributed by atoms with Gasteiger partial charge in [0.2, 0.25) is 5.91 Å². The molecule has 226 valence electrons. The lowest BCUT2D eigenvalue weighted by molar-refractivity contribution is -0.137. The van der Waals surface area contributed by atoms with Gasteiger partial charge >= 0.3 is 6.18 Å². The number of benzene rings is 3. The highest BCUT2D eigenvalue weighted by Crippen LogP contribution is 2.40. The van der Waals surface area contributed by atoms with E-state index in [1.807, 2.05) is 59.5 Å². The molecule has 2 aliphatic heterocycles. The summed E-state index contributed by atoms with van der Waals surface area (Å²) < 4.78 is 45.0. The lowest BCUT2D eigenvalue weighted by Crippen LogP contribution is -2.57. The van der Waals surface area contributed by atoms with Crippen molar-refractivity contribution in [2.75, 3.05) is 44.9 Å². The average Bonchev–Trinajstić information content (AvgIpc) is 3.27. The first kappa shape index (κ1) is 29.9. The third kappa shape index (κ3) is 6.30. The van der Waals surface area contributed by atoms with Crippen LogP contribution in [-0.4, -0.2) is 73.0 Å². The molecule has 3 aromatic carbocycles. The number of piperidine rings is 1. The Morgan fingerprint density at radius 3 is 2.35 bits per heavy atom. The first-order valence-corrected chi connectivity index (χ1v) is 14.1. The molecule has 3 aromatic rings. The molecule has 0 bridgehead atoms. The third-order valence-corrected chi connectivity index (χ3v) is 8.14. The number of likely N-dealkylation sites (tertiary alicyclic amines) is 1.